The van der Waals surface area contributed by atoms with Crippen molar-refractivity contribution in [2.75, 3.05) is 0 Å². The third-order valence-electron chi connectivity index (χ3n) is 2.65. The van der Waals surface area contributed by atoms with E-state index in [0.717, 1.165) is 6.21 Å². The van der Waals surface area contributed by atoms with Crippen LogP contribution in [0.25, 0.3) is 0 Å². The van der Waals surface area contributed by atoms with Gasteiger partial charge >= 0.3 is 12.3 Å². The van der Waals surface area contributed by atoms with E-state index < -0.39 is 6.09 Å². The summed E-state index contributed by atoms with van der Waals surface area (Å²) in [6.45, 7) is 0. The summed E-state index contributed by atoms with van der Waals surface area (Å²) in [6.07, 6.45) is 2.68. The molecule has 0 aliphatic heterocycles. The maximum atomic E-state index is 11.3. The van der Waals surface area contributed by atoms with Gasteiger partial charge in [-0.05, 0) is 25.7 Å². The van der Waals surface area contributed by atoms with Crippen LogP contribution in [-0.4, -0.2) is 34.0 Å². The maximum absolute atomic E-state index is 11.3. The molecule has 6 nitrogen and oxygen atoms in total. The summed E-state index contributed by atoms with van der Waals surface area (Å²) in [4.78, 5) is 24.6. The molecule has 0 heterocycles. The minimum absolute atomic E-state index is 0.0421. The van der Waals surface area contributed by atoms with Crippen LogP contribution in [0.4, 0.5) is 4.79 Å². The number of amides is 1. The highest BCUT2D eigenvalue weighted by molar-refractivity contribution is 6.26. The molecule has 0 spiro atoms. The molecule has 0 aromatic heterocycles. The zero-order chi connectivity index (χ0) is 11.3. The first-order valence-electron chi connectivity index (χ1n) is 4.86. The Balaban J connectivity index is 2.38. The van der Waals surface area contributed by atoms with E-state index >= 15 is 0 Å². The van der Waals surface area contributed by atoms with Crippen LogP contribution >= 0.6 is 0 Å². The van der Waals surface area contributed by atoms with Gasteiger partial charge in [0.2, 0.25) is 5.78 Å². The van der Waals surface area contributed by atoms with Crippen molar-refractivity contribution >= 4 is 18.1 Å². The molecule has 1 saturated carbocycles. The van der Waals surface area contributed by atoms with E-state index in [4.69, 9.17) is 10.6 Å². The summed E-state index contributed by atoms with van der Waals surface area (Å²) < 4.78 is 0. The molecule has 1 fully saturated rings. The molecule has 15 heavy (non-hydrogen) atoms. The number of carbonyl (C=O) groups excluding carboxylic acids is 1. The molecule has 0 aromatic rings. The summed E-state index contributed by atoms with van der Waals surface area (Å²) >= 11 is 0. The Bertz CT molecular complexity index is 302. The summed E-state index contributed by atoms with van der Waals surface area (Å²) in [6, 6.07) is -0.0421. The first kappa shape index (κ1) is 11.4. The number of carboxylic acid groups (broad SMARTS) is 1. The van der Waals surface area contributed by atoms with Gasteiger partial charge in [0, 0.05) is 12.0 Å². The zero-order valence-corrected chi connectivity index (χ0v) is 8.27. The number of Topliss-reactive ketones (excluding diaryl/α,β-unsaturated/α-hetero) is 1. The lowest BCUT2D eigenvalue weighted by Gasteiger charge is -2.25. The maximum Gasteiger partial charge on any atom is 0.404 e. The molecule has 1 amide bonds. The van der Waals surface area contributed by atoms with Crippen LogP contribution in [0.1, 0.15) is 25.7 Å². The fraction of sp³-hybridized carbons (Fsp3) is 0.667. The predicted octanol–water partition coefficient (Wildman–Crippen LogP) is 0.692. The highest BCUT2D eigenvalue weighted by atomic mass is 16.4. The standard InChI is InChI=1S/C9H13N3O3/c10-11-5-8(13)6-1-3-7(4-2-6)12-9(14)15/h5-7,10,12H,1-4H2/p+1. The van der Waals surface area contributed by atoms with E-state index in [9.17, 15) is 9.59 Å². The average Bonchev–Trinajstić information content (AvgIpc) is 2.18. The molecule has 6 heteroatoms. The quantitative estimate of drug-likeness (QED) is 0.364. The van der Waals surface area contributed by atoms with Gasteiger partial charge in [-0.25, -0.2) is 4.79 Å². The second-order valence-electron chi connectivity index (χ2n) is 3.66. The summed E-state index contributed by atoms with van der Waals surface area (Å²) in [5.74, 6) is -0.218. The van der Waals surface area contributed by atoms with Crippen molar-refractivity contribution in [1.82, 2.24) is 5.32 Å². The van der Waals surface area contributed by atoms with Crippen LogP contribution in [0.3, 0.4) is 0 Å². The van der Waals surface area contributed by atoms with Gasteiger partial charge in [-0.3, -0.25) is 4.79 Å². The highest BCUT2D eigenvalue weighted by Gasteiger charge is 2.28. The minimum Gasteiger partial charge on any atom is -0.465 e. The Morgan fingerprint density at radius 1 is 1.33 bits per heavy atom. The SMILES string of the molecule is N=[N+]=CC(=O)C1CCC(NC(=O)O)CC1. The van der Waals surface area contributed by atoms with Crippen molar-refractivity contribution in [3.05, 3.63) is 0 Å². The van der Waals surface area contributed by atoms with Crippen LogP contribution in [0.15, 0.2) is 0 Å². The molecule has 0 saturated heterocycles. The summed E-state index contributed by atoms with van der Waals surface area (Å²) in [7, 11) is 0. The van der Waals surface area contributed by atoms with Crippen molar-refractivity contribution in [2.45, 2.75) is 31.7 Å². The van der Waals surface area contributed by atoms with E-state index in [0.29, 0.717) is 25.7 Å². The normalized spacial score (nSPS) is 25.1. The van der Waals surface area contributed by atoms with Crippen molar-refractivity contribution in [1.29, 1.82) is 5.53 Å². The van der Waals surface area contributed by atoms with Gasteiger partial charge in [-0.1, -0.05) is 0 Å². The van der Waals surface area contributed by atoms with Crippen LogP contribution < -0.4 is 5.32 Å². The van der Waals surface area contributed by atoms with Crippen molar-refractivity contribution in [3.8, 4) is 0 Å². The Labute approximate surface area is 86.9 Å². The molecule has 0 bridgehead atoms. The zero-order valence-electron chi connectivity index (χ0n) is 8.27. The smallest absolute Gasteiger partial charge is 0.404 e. The van der Waals surface area contributed by atoms with Crippen LogP contribution in [0.2, 0.25) is 0 Å². The van der Waals surface area contributed by atoms with E-state index in [1.54, 1.807) is 0 Å². The third kappa shape index (κ3) is 3.52. The van der Waals surface area contributed by atoms with Crippen LogP contribution in [0, 0.1) is 11.4 Å². The van der Waals surface area contributed by atoms with Gasteiger partial charge in [0.1, 0.15) is 0 Å². The van der Waals surface area contributed by atoms with Crippen molar-refractivity contribution in [3.63, 3.8) is 0 Å². The van der Waals surface area contributed by atoms with Gasteiger partial charge in [0.25, 0.3) is 0 Å². The molecule has 1 aliphatic carbocycles. The first-order chi connectivity index (χ1) is 7.13. The fourth-order valence-electron chi connectivity index (χ4n) is 1.87. The molecular weight excluding hydrogens is 198 g/mol. The largest absolute Gasteiger partial charge is 0.465 e. The molecule has 0 unspecified atom stereocenters. The fourth-order valence-corrected chi connectivity index (χ4v) is 1.87. The molecule has 1 rings (SSSR count). The Morgan fingerprint density at radius 2 is 1.93 bits per heavy atom. The molecule has 0 atom stereocenters. The Kier molecular flexibility index (Phi) is 4.00. The van der Waals surface area contributed by atoms with Crippen LogP contribution in [-0.2, 0) is 4.79 Å². The number of nitrogens with zero attached hydrogens (tertiary/aromatic N) is 1. The number of hydrogen-bond donors (Lipinski definition) is 3. The number of nitrogens with one attached hydrogen (secondary N) is 2. The van der Waals surface area contributed by atoms with Crippen molar-refractivity contribution in [2.24, 2.45) is 5.92 Å². The average molecular weight is 212 g/mol. The molecule has 82 valence electrons. The Hall–Kier alpha value is -1.68. The lowest BCUT2D eigenvalue weighted by atomic mass is 9.84. The van der Waals surface area contributed by atoms with E-state index in [-0.39, 0.29) is 17.7 Å². The second kappa shape index (κ2) is 5.26. The van der Waals surface area contributed by atoms with E-state index in [2.05, 4.69) is 10.1 Å². The van der Waals surface area contributed by atoms with Gasteiger partial charge < -0.3 is 10.4 Å². The van der Waals surface area contributed by atoms with E-state index in [1.807, 2.05) is 0 Å². The van der Waals surface area contributed by atoms with Gasteiger partial charge in [0.05, 0.1) is 10.3 Å². The summed E-state index contributed by atoms with van der Waals surface area (Å²) in [5, 5.41) is 10.9. The lowest BCUT2D eigenvalue weighted by molar-refractivity contribution is -0.134. The molecule has 0 radical (unpaired) electrons. The number of rotatable bonds is 3. The second-order valence-corrected chi connectivity index (χ2v) is 3.66. The number of hydrogen-bond acceptors (Lipinski definition) is 3. The lowest BCUT2D eigenvalue weighted by Crippen LogP contribution is -2.38. The van der Waals surface area contributed by atoms with Gasteiger partial charge in [-0.2, -0.15) is 0 Å². The third-order valence-corrected chi connectivity index (χ3v) is 2.65. The minimum atomic E-state index is -1.02. The molecule has 1 aliphatic rings. The monoisotopic (exact) mass is 212 g/mol. The molecular formula is C9H14N3O3+. The molecule has 3 N–H and O–H groups in total. The first-order valence-corrected chi connectivity index (χ1v) is 4.86. The van der Waals surface area contributed by atoms with Crippen molar-refractivity contribution < 1.29 is 19.5 Å². The topological polar surface area (TPSA) is 104 Å². The van der Waals surface area contributed by atoms with Crippen LogP contribution in [0.5, 0.6) is 0 Å². The highest BCUT2D eigenvalue weighted by Crippen LogP contribution is 2.24. The predicted molar refractivity (Wildman–Crippen MR) is 51.0 cm³/mol. The molecule has 0 aromatic carbocycles. The Morgan fingerprint density at radius 3 is 2.40 bits per heavy atom. The number of ketones is 1. The van der Waals surface area contributed by atoms with Gasteiger partial charge in [-0.15, -0.1) is 0 Å². The van der Waals surface area contributed by atoms with E-state index in [1.165, 1.54) is 0 Å². The number of carbonyl (C=O) groups is 2. The summed E-state index contributed by atoms with van der Waals surface area (Å²) in [5.41, 5.74) is 6.54. The van der Waals surface area contributed by atoms with Gasteiger partial charge in [0.15, 0.2) is 0 Å².